The molecule has 0 saturated carbocycles. The summed E-state index contributed by atoms with van der Waals surface area (Å²) in [5.41, 5.74) is 0. The molecule has 1 heterocycles. The molecule has 0 spiro atoms. The van der Waals surface area contributed by atoms with Crippen LogP contribution in [0, 0.1) is 0 Å². The highest BCUT2D eigenvalue weighted by Gasteiger charge is 1.93. The smallest absolute Gasteiger partial charge is 0.0518 e. The van der Waals surface area contributed by atoms with Crippen molar-refractivity contribution in [2.24, 2.45) is 0 Å². The zero-order valence-corrected chi connectivity index (χ0v) is 7.86. The lowest BCUT2D eigenvalue weighted by atomic mass is 10.4. The fourth-order valence-electron chi connectivity index (χ4n) is 1.09. The van der Waals surface area contributed by atoms with Gasteiger partial charge in [0.25, 0.3) is 0 Å². The normalized spacial score (nSPS) is 10.9. The molecule has 12 heavy (non-hydrogen) atoms. The van der Waals surface area contributed by atoms with Crippen molar-refractivity contribution in [3.8, 4) is 0 Å². The maximum absolute atomic E-state index is 5.43. The van der Waals surface area contributed by atoms with Gasteiger partial charge in [-0.25, -0.2) is 0 Å². The maximum atomic E-state index is 5.43. The van der Waals surface area contributed by atoms with Gasteiger partial charge in [0.15, 0.2) is 0 Å². The first kappa shape index (κ1) is 9.33. The van der Waals surface area contributed by atoms with Gasteiger partial charge in [0, 0.05) is 25.5 Å². The van der Waals surface area contributed by atoms with E-state index in [2.05, 4.69) is 30.8 Å². The van der Waals surface area contributed by atoms with E-state index in [1.165, 1.54) is 0 Å². The predicted octanol–water partition coefficient (Wildman–Crippen LogP) is 2.30. The number of nitrogens with zero attached hydrogens (tertiary/aromatic N) is 1. The van der Waals surface area contributed by atoms with Crippen LogP contribution >= 0.6 is 0 Å². The lowest BCUT2D eigenvalue weighted by Crippen LogP contribution is -2.06. The fraction of sp³-hybridized carbons (Fsp3) is 0.600. The first-order valence-corrected chi connectivity index (χ1v) is 4.51. The molecule has 0 radical (unpaired) electrons. The second-order valence-corrected chi connectivity index (χ2v) is 3.19. The Balaban J connectivity index is 2.04. The standard InChI is InChI=1S/C10H17NO/c1-10(2)12-9-5-8-11-6-3-4-7-11/h3-4,6-7,10H,5,8-9H2,1-2H3. The number of hydrogen-bond acceptors (Lipinski definition) is 1. The van der Waals surface area contributed by atoms with Crippen molar-refractivity contribution in [3.63, 3.8) is 0 Å². The third-order valence-corrected chi connectivity index (χ3v) is 1.68. The maximum Gasteiger partial charge on any atom is 0.0518 e. The van der Waals surface area contributed by atoms with Crippen molar-refractivity contribution >= 4 is 0 Å². The minimum Gasteiger partial charge on any atom is -0.379 e. The monoisotopic (exact) mass is 167 g/mol. The highest BCUT2D eigenvalue weighted by atomic mass is 16.5. The molecule has 0 aliphatic heterocycles. The third-order valence-electron chi connectivity index (χ3n) is 1.68. The molecule has 0 atom stereocenters. The minimum absolute atomic E-state index is 0.356. The molecule has 1 aromatic heterocycles. The van der Waals surface area contributed by atoms with Crippen LogP contribution in [0.3, 0.4) is 0 Å². The van der Waals surface area contributed by atoms with E-state index in [-0.39, 0.29) is 0 Å². The van der Waals surface area contributed by atoms with E-state index >= 15 is 0 Å². The van der Waals surface area contributed by atoms with Crippen molar-refractivity contribution in [1.29, 1.82) is 0 Å². The van der Waals surface area contributed by atoms with Gasteiger partial charge in [-0.15, -0.1) is 0 Å². The molecule has 2 nitrogen and oxygen atoms in total. The topological polar surface area (TPSA) is 14.2 Å². The molecule has 0 aromatic carbocycles. The number of ether oxygens (including phenoxy) is 1. The van der Waals surface area contributed by atoms with Crippen molar-refractivity contribution in [2.75, 3.05) is 6.61 Å². The SMILES string of the molecule is CC(C)OCCCn1cccc1. The zero-order chi connectivity index (χ0) is 8.81. The summed E-state index contributed by atoms with van der Waals surface area (Å²) in [7, 11) is 0. The molecule has 0 amide bonds. The molecule has 0 bridgehead atoms. The average molecular weight is 167 g/mol. The second kappa shape index (κ2) is 4.99. The Morgan fingerprint density at radius 1 is 1.25 bits per heavy atom. The molecule has 0 aliphatic carbocycles. The van der Waals surface area contributed by atoms with Crippen LogP contribution in [0.1, 0.15) is 20.3 Å². The summed E-state index contributed by atoms with van der Waals surface area (Å²) in [6, 6.07) is 4.09. The molecular weight excluding hydrogens is 150 g/mol. The van der Waals surface area contributed by atoms with Gasteiger partial charge in [0.1, 0.15) is 0 Å². The quantitative estimate of drug-likeness (QED) is 0.614. The van der Waals surface area contributed by atoms with E-state index in [1.54, 1.807) is 0 Å². The summed E-state index contributed by atoms with van der Waals surface area (Å²) >= 11 is 0. The number of rotatable bonds is 5. The molecule has 0 unspecified atom stereocenters. The summed E-state index contributed by atoms with van der Waals surface area (Å²) in [5, 5.41) is 0. The van der Waals surface area contributed by atoms with Crippen molar-refractivity contribution < 1.29 is 4.74 Å². The molecule has 2 heteroatoms. The lowest BCUT2D eigenvalue weighted by molar-refractivity contribution is 0.0749. The van der Waals surface area contributed by atoms with E-state index < -0.39 is 0 Å². The van der Waals surface area contributed by atoms with Crippen LogP contribution < -0.4 is 0 Å². The Hall–Kier alpha value is -0.760. The first-order valence-electron chi connectivity index (χ1n) is 4.51. The van der Waals surface area contributed by atoms with Crippen molar-refractivity contribution in [1.82, 2.24) is 4.57 Å². The number of aromatic nitrogens is 1. The summed E-state index contributed by atoms with van der Waals surface area (Å²) in [6.07, 6.45) is 5.60. The van der Waals surface area contributed by atoms with Crippen molar-refractivity contribution in [3.05, 3.63) is 24.5 Å². The molecule has 0 aliphatic rings. The lowest BCUT2D eigenvalue weighted by Gasteiger charge is -2.07. The Morgan fingerprint density at radius 2 is 1.92 bits per heavy atom. The van der Waals surface area contributed by atoms with Crippen LogP contribution in [0.5, 0.6) is 0 Å². The van der Waals surface area contributed by atoms with Crippen LogP contribution in [0.2, 0.25) is 0 Å². The van der Waals surface area contributed by atoms with Gasteiger partial charge in [-0.2, -0.15) is 0 Å². The summed E-state index contributed by atoms with van der Waals surface area (Å²) in [6.45, 7) is 6.04. The molecule has 0 fully saturated rings. The van der Waals surface area contributed by atoms with Crippen molar-refractivity contribution in [2.45, 2.75) is 32.9 Å². The van der Waals surface area contributed by atoms with Gasteiger partial charge in [-0.3, -0.25) is 0 Å². The van der Waals surface area contributed by atoms with Crippen LogP contribution in [0.4, 0.5) is 0 Å². The fourth-order valence-corrected chi connectivity index (χ4v) is 1.09. The van der Waals surface area contributed by atoms with E-state index in [9.17, 15) is 0 Å². The number of hydrogen-bond donors (Lipinski definition) is 0. The van der Waals surface area contributed by atoms with E-state index in [0.717, 1.165) is 19.6 Å². The van der Waals surface area contributed by atoms with Crippen LogP contribution in [-0.2, 0) is 11.3 Å². The van der Waals surface area contributed by atoms with Crippen LogP contribution in [0.15, 0.2) is 24.5 Å². The molecule has 0 N–H and O–H groups in total. The first-order chi connectivity index (χ1) is 5.79. The van der Waals surface area contributed by atoms with Gasteiger partial charge < -0.3 is 9.30 Å². The third kappa shape index (κ3) is 3.58. The average Bonchev–Trinajstić information content (AvgIpc) is 2.49. The minimum atomic E-state index is 0.356. The molecule has 0 saturated heterocycles. The Labute approximate surface area is 74.2 Å². The summed E-state index contributed by atoms with van der Waals surface area (Å²) in [5.74, 6) is 0. The van der Waals surface area contributed by atoms with Gasteiger partial charge in [0.2, 0.25) is 0 Å². The highest BCUT2D eigenvalue weighted by Crippen LogP contribution is 1.95. The van der Waals surface area contributed by atoms with Gasteiger partial charge >= 0.3 is 0 Å². The predicted molar refractivity (Wildman–Crippen MR) is 50.1 cm³/mol. The second-order valence-electron chi connectivity index (χ2n) is 3.19. The van der Waals surface area contributed by atoms with E-state index in [0.29, 0.717) is 6.10 Å². The van der Waals surface area contributed by atoms with Crippen LogP contribution in [-0.4, -0.2) is 17.3 Å². The summed E-state index contributed by atoms with van der Waals surface area (Å²) in [4.78, 5) is 0. The Morgan fingerprint density at radius 3 is 2.50 bits per heavy atom. The summed E-state index contributed by atoms with van der Waals surface area (Å²) < 4.78 is 7.60. The van der Waals surface area contributed by atoms with E-state index in [1.807, 2.05) is 12.1 Å². The van der Waals surface area contributed by atoms with Gasteiger partial charge in [0.05, 0.1) is 6.10 Å². The molecular formula is C10H17NO. The molecule has 1 rings (SSSR count). The Bertz CT molecular complexity index is 192. The van der Waals surface area contributed by atoms with Crippen LogP contribution in [0.25, 0.3) is 0 Å². The molecule has 68 valence electrons. The molecule has 1 aromatic rings. The van der Waals surface area contributed by atoms with E-state index in [4.69, 9.17) is 4.74 Å². The number of aryl methyl sites for hydroxylation is 1. The van der Waals surface area contributed by atoms with Gasteiger partial charge in [-0.05, 0) is 32.4 Å². The highest BCUT2D eigenvalue weighted by molar-refractivity contribution is 4.89. The van der Waals surface area contributed by atoms with Gasteiger partial charge in [-0.1, -0.05) is 0 Å². The largest absolute Gasteiger partial charge is 0.379 e. The zero-order valence-electron chi connectivity index (χ0n) is 7.86. The Kier molecular flexibility index (Phi) is 3.88.